The number of aliphatic hydroxyl groups excluding tert-OH is 1. The zero-order chi connectivity index (χ0) is 14.5. The summed E-state index contributed by atoms with van der Waals surface area (Å²) in [5, 5.41) is 13.0. The molecule has 21 heavy (non-hydrogen) atoms. The first-order chi connectivity index (χ1) is 10.4. The first-order valence-corrected chi connectivity index (χ1v) is 7.44. The first-order valence-electron chi connectivity index (χ1n) is 7.44. The molecule has 0 saturated carbocycles. The maximum absolute atomic E-state index is 8.97. The van der Waals surface area contributed by atoms with Crippen molar-refractivity contribution in [3.63, 3.8) is 0 Å². The third-order valence-electron chi connectivity index (χ3n) is 3.92. The van der Waals surface area contributed by atoms with Gasteiger partial charge in [-0.1, -0.05) is 5.16 Å². The molecule has 0 radical (unpaired) electrons. The highest BCUT2D eigenvalue weighted by molar-refractivity contribution is 5.51. The molecule has 0 amide bonds. The van der Waals surface area contributed by atoms with E-state index in [1.165, 1.54) is 12.8 Å². The molecule has 1 atom stereocenters. The van der Waals surface area contributed by atoms with E-state index >= 15 is 0 Å². The van der Waals surface area contributed by atoms with Crippen LogP contribution in [-0.2, 0) is 6.54 Å². The third kappa shape index (κ3) is 3.46. The Kier molecular flexibility index (Phi) is 4.57. The molecule has 1 unspecified atom stereocenters. The van der Waals surface area contributed by atoms with E-state index in [1.54, 1.807) is 12.4 Å². The summed E-state index contributed by atoms with van der Waals surface area (Å²) in [6.07, 6.45) is 7.71. The number of hydrogen-bond acceptors (Lipinski definition) is 6. The molecular formula is C15H20N4O2. The summed E-state index contributed by atoms with van der Waals surface area (Å²) in [5.74, 6) is 1.23. The zero-order valence-corrected chi connectivity index (χ0v) is 12.0. The second-order valence-corrected chi connectivity index (χ2v) is 5.39. The number of aliphatic hydroxyl groups is 1. The Hall–Kier alpha value is -1.79. The summed E-state index contributed by atoms with van der Waals surface area (Å²) >= 11 is 0. The lowest BCUT2D eigenvalue weighted by Gasteiger charge is -2.22. The Morgan fingerprint density at radius 3 is 3.19 bits per heavy atom. The summed E-state index contributed by atoms with van der Waals surface area (Å²) < 4.78 is 5.35. The van der Waals surface area contributed by atoms with E-state index in [4.69, 9.17) is 9.63 Å². The number of likely N-dealkylation sites (tertiary alicyclic amines) is 1. The molecule has 3 heterocycles. The van der Waals surface area contributed by atoms with E-state index in [0.29, 0.717) is 24.3 Å². The second-order valence-electron chi connectivity index (χ2n) is 5.39. The molecule has 6 nitrogen and oxygen atoms in total. The number of aromatic nitrogens is 3. The predicted molar refractivity (Wildman–Crippen MR) is 77.3 cm³/mol. The maximum atomic E-state index is 8.97. The Balaban J connectivity index is 1.64. The van der Waals surface area contributed by atoms with Crippen LogP contribution >= 0.6 is 0 Å². The highest BCUT2D eigenvalue weighted by Gasteiger charge is 2.25. The van der Waals surface area contributed by atoms with E-state index in [-0.39, 0.29) is 6.61 Å². The van der Waals surface area contributed by atoms with Crippen LogP contribution in [0.5, 0.6) is 0 Å². The van der Waals surface area contributed by atoms with Gasteiger partial charge in [0, 0.05) is 30.6 Å². The van der Waals surface area contributed by atoms with Crippen molar-refractivity contribution in [2.24, 2.45) is 0 Å². The monoisotopic (exact) mass is 288 g/mol. The van der Waals surface area contributed by atoms with Gasteiger partial charge in [0.05, 0.1) is 6.54 Å². The first kappa shape index (κ1) is 14.2. The second kappa shape index (κ2) is 6.78. The molecule has 1 aliphatic rings. The molecule has 1 fully saturated rings. The fourth-order valence-electron chi connectivity index (χ4n) is 2.86. The van der Waals surface area contributed by atoms with Crippen LogP contribution in [0.4, 0.5) is 0 Å². The van der Waals surface area contributed by atoms with Crippen molar-refractivity contribution in [2.45, 2.75) is 38.3 Å². The molecule has 0 bridgehead atoms. The van der Waals surface area contributed by atoms with Crippen molar-refractivity contribution in [1.29, 1.82) is 0 Å². The van der Waals surface area contributed by atoms with Gasteiger partial charge in [-0.25, -0.2) is 0 Å². The summed E-state index contributed by atoms with van der Waals surface area (Å²) in [6.45, 7) is 2.00. The molecule has 0 spiro atoms. The highest BCUT2D eigenvalue weighted by atomic mass is 16.5. The summed E-state index contributed by atoms with van der Waals surface area (Å²) in [6, 6.07) is 4.30. The fraction of sp³-hybridized carbons (Fsp3) is 0.533. The van der Waals surface area contributed by atoms with Crippen molar-refractivity contribution >= 4 is 0 Å². The van der Waals surface area contributed by atoms with Crippen LogP contribution in [0.2, 0.25) is 0 Å². The summed E-state index contributed by atoms with van der Waals surface area (Å²) in [4.78, 5) is 10.9. The van der Waals surface area contributed by atoms with Gasteiger partial charge in [0.25, 0.3) is 0 Å². The highest BCUT2D eigenvalue weighted by Crippen LogP contribution is 2.23. The molecule has 112 valence electrons. The molecule has 3 rings (SSSR count). The van der Waals surface area contributed by atoms with E-state index in [2.05, 4.69) is 20.0 Å². The van der Waals surface area contributed by atoms with Crippen molar-refractivity contribution in [1.82, 2.24) is 20.0 Å². The van der Waals surface area contributed by atoms with Gasteiger partial charge in [-0.05, 0) is 44.4 Å². The van der Waals surface area contributed by atoms with Crippen LogP contribution in [-0.4, -0.2) is 44.3 Å². The average molecular weight is 288 g/mol. The minimum atomic E-state index is 0.260. The Labute approximate surface area is 123 Å². The van der Waals surface area contributed by atoms with Crippen LogP contribution in [0, 0.1) is 0 Å². The minimum absolute atomic E-state index is 0.260. The quantitative estimate of drug-likeness (QED) is 0.874. The van der Waals surface area contributed by atoms with E-state index in [0.717, 1.165) is 24.9 Å². The Morgan fingerprint density at radius 1 is 1.43 bits per heavy atom. The minimum Gasteiger partial charge on any atom is -0.396 e. The predicted octanol–water partition coefficient (Wildman–Crippen LogP) is 1.87. The normalized spacial score (nSPS) is 19.2. The number of rotatable bonds is 6. The lowest BCUT2D eigenvalue weighted by molar-refractivity contribution is 0.188. The van der Waals surface area contributed by atoms with Gasteiger partial charge in [0.2, 0.25) is 11.7 Å². The van der Waals surface area contributed by atoms with Crippen LogP contribution in [0.3, 0.4) is 0 Å². The molecule has 2 aromatic heterocycles. The molecule has 1 aliphatic heterocycles. The van der Waals surface area contributed by atoms with Crippen molar-refractivity contribution in [2.75, 3.05) is 13.2 Å². The standard InChI is InChI=1S/C15H20N4O2/c20-9-3-6-13-5-2-8-19(13)11-14-17-15(18-21-14)12-4-1-7-16-10-12/h1,4,7,10,13,20H,2-3,5-6,8-9,11H2. The fourth-order valence-corrected chi connectivity index (χ4v) is 2.86. The van der Waals surface area contributed by atoms with Crippen LogP contribution in [0.1, 0.15) is 31.6 Å². The van der Waals surface area contributed by atoms with Crippen LogP contribution in [0.15, 0.2) is 29.0 Å². The van der Waals surface area contributed by atoms with Gasteiger partial charge in [0.15, 0.2) is 0 Å². The molecule has 1 N–H and O–H groups in total. The van der Waals surface area contributed by atoms with Crippen molar-refractivity contribution < 1.29 is 9.63 Å². The zero-order valence-electron chi connectivity index (χ0n) is 12.0. The van der Waals surface area contributed by atoms with E-state index in [1.807, 2.05) is 12.1 Å². The van der Waals surface area contributed by atoms with Gasteiger partial charge in [0.1, 0.15) is 0 Å². The largest absolute Gasteiger partial charge is 0.396 e. The molecule has 0 aromatic carbocycles. The molecular weight excluding hydrogens is 268 g/mol. The third-order valence-corrected chi connectivity index (χ3v) is 3.92. The summed E-state index contributed by atoms with van der Waals surface area (Å²) in [5.41, 5.74) is 0.866. The lowest BCUT2D eigenvalue weighted by atomic mass is 10.1. The topological polar surface area (TPSA) is 75.3 Å². The van der Waals surface area contributed by atoms with Crippen LogP contribution in [0.25, 0.3) is 11.4 Å². The maximum Gasteiger partial charge on any atom is 0.241 e. The molecule has 2 aromatic rings. The van der Waals surface area contributed by atoms with Gasteiger partial charge >= 0.3 is 0 Å². The van der Waals surface area contributed by atoms with Gasteiger partial charge in [-0.3, -0.25) is 9.88 Å². The van der Waals surface area contributed by atoms with Gasteiger partial charge < -0.3 is 9.63 Å². The number of nitrogens with zero attached hydrogens (tertiary/aromatic N) is 4. The average Bonchev–Trinajstić information content (AvgIpc) is 3.16. The Bertz CT molecular complexity index is 558. The SMILES string of the molecule is OCCCC1CCCN1Cc1nc(-c2cccnc2)no1. The number of pyridine rings is 1. The molecule has 0 aliphatic carbocycles. The Morgan fingerprint density at radius 2 is 2.38 bits per heavy atom. The number of hydrogen-bond donors (Lipinski definition) is 1. The van der Waals surface area contributed by atoms with Crippen molar-refractivity contribution in [3.05, 3.63) is 30.4 Å². The van der Waals surface area contributed by atoms with Gasteiger partial charge in [-0.15, -0.1) is 0 Å². The van der Waals surface area contributed by atoms with E-state index in [9.17, 15) is 0 Å². The lowest BCUT2D eigenvalue weighted by Crippen LogP contribution is -2.29. The van der Waals surface area contributed by atoms with Gasteiger partial charge in [-0.2, -0.15) is 4.98 Å². The smallest absolute Gasteiger partial charge is 0.241 e. The molecule has 1 saturated heterocycles. The van der Waals surface area contributed by atoms with Crippen molar-refractivity contribution in [3.8, 4) is 11.4 Å². The molecule has 6 heteroatoms. The van der Waals surface area contributed by atoms with Crippen LogP contribution < -0.4 is 0 Å². The summed E-state index contributed by atoms with van der Waals surface area (Å²) in [7, 11) is 0. The van der Waals surface area contributed by atoms with E-state index < -0.39 is 0 Å².